The van der Waals surface area contributed by atoms with Gasteiger partial charge in [0.05, 0.1) is 11.6 Å². The van der Waals surface area contributed by atoms with Crippen LogP contribution in [0.15, 0.2) is 42.5 Å². The smallest absolute Gasteiger partial charge is 0.226 e. The van der Waals surface area contributed by atoms with Crippen LogP contribution in [0.1, 0.15) is 33.8 Å². The molecular weight excluding hydrogens is 370 g/mol. The molecule has 1 amide bonds. The number of fused-ring (bicyclic) bond motifs is 2. The summed E-state index contributed by atoms with van der Waals surface area (Å²) in [5.41, 5.74) is 4.00. The largest absolute Gasteiger partial charge is 0.486 e. The Bertz CT molecular complexity index is 1120. The minimum atomic E-state index is -0.628. The third kappa shape index (κ3) is 3.04. The number of carbonyl (C=O) groups excluding carboxylic acids is 2. The summed E-state index contributed by atoms with van der Waals surface area (Å²) in [4.78, 5) is 25.6. The third-order valence-corrected chi connectivity index (χ3v) is 5.28. The maximum absolute atomic E-state index is 13.4. The summed E-state index contributed by atoms with van der Waals surface area (Å²) in [5, 5.41) is 10.0. The van der Waals surface area contributed by atoms with Crippen LogP contribution in [-0.4, -0.2) is 35.1 Å². The lowest BCUT2D eigenvalue weighted by atomic mass is 9.84. The van der Waals surface area contributed by atoms with Crippen LogP contribution in [0, 0.1) is 6.92 Å². The minimum Gasteiger partial charge on any atom is -0.486 e. The number of amides is 1. The van der Waals surface area contributed by atoms with Gasteiger partial charge in [0.15, 0.2) is 23.1 Å². The molecule has 0 saturated heterocycles. The molecule has 0 bridgehead atoms. The average molecular weight is 389 g/mol. The highest BCUT2D eigenvalue weighted by molar-refractivity contribution is 6.09. The van der Waals surface area contributed by atoms with Crippen LogP contribution >= 0.6 is 0 Å². The zero-order chi connectivity index (χ0) is 20.0. The summed E-state index contributed by atoms with van der Waals surface area (Å²) in [6.07, 6.45) is 0.0681. The first kappa shape index (κ1) is 17.5. The number of nitrogens with zero attached hydrogens (tertiary/aromatic N) is 1. The number of nitrogens with one attached hydrogen (secondary N) is 2. The molecule has 0 spiro atoms. The Morgan fingerprint density at radius 2 is 1.83 bits per heavy atom. The number of anilines is 1. The van der Waals surface area contributed by atoms with Crippen LogP contribution in [0.25, 0.3) is 11.3 Å². The molecule has 2 N–H and O–H groups in total. The van der Waals surface area contributed by atoms with Gasteiger partial charge in [-0.15, -0.1) is 0 Å². The van der Waals surface area contributed by atoms with E-state index in [2.05, 4.69) is 15.5 Å². The fourth-order valence-electron chi connectivity index (χ4n) is 3.82. The van der Waals surface area contributed by atoms with E-state index in [1.807, 2.05) is 31.2 Å². The van der Waals surface area contributed by atoms with Crippen LogP contribution in [0.5, 0.6) is 11.5 Å². The van der Waals surface area contributed by atoms with Gasteiger partial charge in [-0.1, -0.05) is 29.8 Å². The summed E-state index contributed by atoms with van der Waals surface area (Å²) in [7, 11) is 0. The molecule has 1 atom stereocenters. The zero-order valence-corrected chi connectivity index (χ0v) is 15.8. The fourth-order valence-corrected chi connectivity index (χ4v) is 3.82. The highest BCUT2D eigenvalue weighted by Gasteiger charge is 2.36. The number of ketones is 1. The van der Waals surface area contributed by atoms with Crippen LogP contribution in [0.2, 0.25) is 0 Å². The van der Waals surface area contributed by atoms with Crippen molar-refractivity contribution in [3.63, 3.8) is 0 Å². The summed E-state index contributed by atoms with van der Waals surface area (Å²) >= 11 is 0. The topological polar surface area (TPSA) is 93.3 Å². The number of hydrogen-bond donors (Lipinski definition) is 2. The second-order valence-corrected chi connectivity index (χ2v) is 7.25. The number of aromatic nitrogens is 2. The predicted molar refractivity (Wildman–Crippen MR) is 107 cm³/mol. The number of H-pyrrole nitrogens is 1. The summed E-state index contributed by atoms with van der Waals surface area (Å²) < 4.78 is 11.1. The Morgan fingerprint density at radius 3 is 2.62 bits per heavy atom. The molecule has 0 fully saturated rings. The van der Waals surface area contributed by atoms with Gasteiger partial charge >= 0.3 is 0 Å². The van der Waals surface area contributed by atoms with E-state index in [9.17, 15) is 9.59 Å². The first-order valence-electron chi connectivity index (χ1n) is 9.49. The van der Waals surface area contributed by atoms with Crippen molar-refractivity contribution < 1.29 is 19.1 Å². The predicted octanol–water partition coefficient (Wildman–Crippen LogP) is 3.47. The molecule has 2 aliphatic rings. The maximum atomic E-state index is 13.4. The molecule has 3 aromatic rings. The van der Waals surface area contributed by atoms with E-state index in [4.69, 9.17) is 9.47 Å². The number of aromatic amines is 1. The molecule has 0 radical (unpaired) electrons. The van der Waals surface area contributed by atoms with E-state index in [-0.39, 0.29) is 18.1 Å². The van der Waals surface area contributed by atoms with Crippen LogP contribution in [0.4, 0.5) is 5.82 Å². The van der Waals surface area contributed by atoms with Crippen molar-refractivity contribution in [1.82, 2.24) is 10.2 Å². The van der Waals surface area contributed by atoms with Crippen LogP contribution in [0.3, 0.4) is 0 Å². The van der Waals surface area contributed by atoms with E-state index in [0.29, 0.717) is 41.7 Å². The van der Waals surface area contributed by atoms with Gasteiger partial charge in [-0.2, -0.15) is 5.10 Å². The first-order valence-corrected chi connectivity index (χ1v) is 9.49. The van der Waals surface area contributed by atoms with Gasteiger partial charge in [0.2, 0.25) is 5.91 Å². The van der Waals surface area contributed by atoms with Gasteiger partial charge in [0, 0.05) is 17.5 Å². The second-order valence-electron chi connectivity index (χ2n) is 7.25. The number of carbonyl (C=O) groups is 2. The minimum absolute atomic E-state index is 0.0681. The van der Waals surface area contributed by atoms with Gasteiger partial charge in [-0.05, 0) is 30.7 Å². The molecule has 0 saturated carbocycles. The Morgan fingerprint density at radius 1 is 1.07 bits per heavy atom. The van der Waals surface area contributed by atoms with Crippen molar-refractivity contribution in [2.24, 2.45) is 0 Å². The standard InChI is InChI=1S/C22H19N3O4/c1-12-2-4-13(5-3-12)20-19-15(11-18(26)23-22(19)25-24-20)21(27)14-6-7-16-17(10-14)29-9-8-28-16/h2-7,10,15H,8-9,11H2,1H3,(H2,23,24,25,26). The van der Waals surface area contributed by atoms with Crippen molar-refractivity contribution in [2.45, 2.75) is 19.3 Å². The summed E-state index contributed by atoms with van der Waals surface area (Å²) in [6, 6.07) is 13.1. The van der Waals surface area contributed by atoms with Gasteiger partial charge in [0.25, 0.3) is 0 Å². The summed E-state index contributed by atoms with van der Waals surface area (Å²) in [6.45, 7) is 2.95. The number of aryl methyl sites for hydroxylation is 1. The average Bonchev–Trinajstić information content (AvgIpc) is 3.16. The van der Waals surface area contributed by atoms with Crippen LogP contribution in [-0.2, 0) is 4.79 Å². The molecule has 1 aromatic heterocycles. The van der Waals surface area contributed by atoms with E-state index in [1.165, 1.54) is 0 Å². The van der Waals surface area contributed by atoms with Gasteiger partial charge in [0.1, 0.15) is 13.2 Å². The number of rotatable bonds is 3. The Kier molecular flexibility index (Phi) is 4.08. The Hall–Kier alpha value is -3.61. The normalized spacial score (nSPS) is 17.4. The monoisotopic (exact) mass is 389 g/mol. The number of benzene rings is 2. The van der Waals surface area contributed by atoms with Crippen molar-refractivity contribution in [3.05, 3.63) is 59.2 Å². The van der Waals surface area contributed by atoms with E-state index in [1.54, 1.807) is 18.2 Å². The molecule has 3 heterocycles. The molecular formula is C22H19N3O4. The lowest BCUT2D eigenvalue weighted by Crippen LogP contribution is -2.27. The van der Waals surface area contributed by atoms with E-state index >= 15 is 0 Å². The zero-order valence-electron chi connectivity index (χ0n) is 15.8. The van der Waals surface area contributed by atoms with E-state index < -0.39 is 5.92 Å². The molecule has 146 valence electrons. The third-order valence-electron chi connectivity index (χ3n) is 5.28. The maximum Gasteiger partial charge on any atom is 0.226 e. The molecule has 0 aliphatic carbocycles. The quantitative estimate of drug-likeness (QED) is 0.669. The fraction of sp³-hybridized carbons (Fsp3) is 0.227. The number of ether oxygens (including phenoxy) is 2. The molecule has 2 aromatic carbocycles. The van der Waals surface area contributed by atoms with Crippen molar-refractivity contribution >= 4 is 17.5 Å². The Labute approximate surface area is 167 Å². The molecule has 2 aliphatic heterocycles. The first-order chi connectivity index (χ1) is 14.1. The van der Waals surface area contributed by atoms with Gasteiger partial charge < -0.3 is 14.8 Å². The lowest BCUT2D eigenvalue weighted by molar-refractivity contribution is -0.116. The summed E-state index contributed by atoms with van der Waals surface area (Å²) in [5.74, 6) is 0.583. The molecule has 7 nitrogen and oxygen atoms in total. The van der Waals surface area contributed by atoms with Gasteiger partial charge in [-0.3, -0.25) is 14.7 Å². The van der Waals surface area contributed by atoms with E-state index in [0.717, 1.165) is 16.8 Å². The highest BCUT2D eigenvalue weighted by atomic mass is 16.6. The highest BCUT2D eigenvalue weighted by Crippen LogP contribution is 2.41. The van der Waals surface area contributed by atoms with Crippen molar-refractivity contribution in [2.75, 3.05) is 18.5 Å². The second kappa shape index (κ2) is 6.77. The number of Topliss-reactive ketones (excluding diaryl/α,β-unsaturated/α-hetero) is 1. The van der Waals surface area contributed by atoms with Crippen molar-refractivity contribution in [1.29, 1.82) is 0 Å². The van der Waals surface area contributed by atoms with Gasteiger partial charge in [-0.25, -0.2) is 0 Å². The Balaban J connectivity index is 1.56. The van der Waals surface area contributed by atoms with Crippen molar-refractivity contribution in [3.8, 4) is 22.8 Å². The number of hydrogen-bond acceptors (Lipinski definition) is 5. The lowest BCUT2D eigenvalue weighted by Gasteiger charge is -2.23. The molecule has 29 heavy (non-hydrogen) atoms. The van der Waals surface area contributed by atoms with Crippen LogP contribution < -0.4 is 14.8 Å². The molecule has 7 heteroatoms. The molecule has 5 rings (SSSR count). The SMILES string of the molecule is Cc1ccc(-c2[nH]nc3c2C(C(=O)c2ccc4c(c2)OCCO4)CC(=O)N3)cc1. The molecule has 1 unspecified atom stereocenters.